The van der Waals surface area contributed by atoms with Crippen LogP contribution in [0.2, 0.25) is 0 Å². The second-order valence-electron chi connectivity index (χ2n) is 6.40. The zero-order chi connectivity index (χ0) is 15.6. The first-order valence-electron chi connectivity index (χ1n) is 8.12. The molecule has 1 N–H and O–H groups in total. The molecule has 118 valence electrons. The van der Waals surface area contributed by atoms with E-state index in [1.807, 2.05) is 0 Å². The highest BCUT2D eigenvalue weighted by Gasteiger charge is 2.43. The molecule has 2 fully saturated rings. The van der Waals surface area contributed by atoms with Gasteiger partial charge in [0.2, 0.25) is 0 Å². The monoisotopic (exact) mass is 301 g/mol. The molecule has 2 saturated heterocycles. The third-order valence-corrected chi connectivity index (χ3v) is 4.90. The Morgan fingerprint density at radius 1 is 1.50 bits per heavy atom. The van der Waals surface area contributed by atoms with E-state index in [0.717, 1.165) is 51.0 Å². The van der Waals surface area contributed by atoms with Gasteiger partial charge in [-0.15, -0.1) is 0 Å². The molecule has 5 nitrogen and oxygen atoms in total. The van der Waals surface area contributed by atoms with Gasteiger partial charge in [0.25, 0.3) is 0 Å². The van der Waals surface area contributed by atoms with Gasteiger partial charge in [-0.05, 0) is 37.8 Å². The van der Waals surface area contributed by atoms with Gasteiger partial charge in [-0.1, -0.05) is 6.92 Å². The van der Waals surface area contributed by atoms with Gasteiger partial charge in [-0.2, -0.15) is 5.26 Å². The summed E-state index contributed by atoms with van der Waals surface area (Å²) in [6.45, 7) is 3.74. The largest absolute Gasteiger partial charge is 0.393 e. The van der Waals surface area contributed by atoms with Gasteiger partial charge in [0.1, 0.15) is 11.9 Å². The smallest absolute Gasteiger partial charge is 0.146 e. The predicted molar refractivity (Wildman–Crippen MR) is 83.5 cm³/mol. The first-order chi connectivity index (χ1) is 10.7. The molecule has 0 aliphatic carbocycles. The average molecular weight is 301 g/mol. The van der Waals surface area contributed by atoms with Crippen molar-refractivity contribution in [1.82, 2.24) is 4.98 Å². The number of piperidine rings is 1. The third kappa shape index (κ3) is 2.94. The molecule has 0 radical (unpaired) electrons. The average Bonchev–Trinajstić information content (AvgIpc) is 2.55. The molecule has 0 unspecified atom stereocenters. The molecule has 1 spiro atoms. The number of aliphatic hydroxyl groups is 1. The van der Waals surface area contributed by atoms with Crippen molar-refractivity contribution < 1.29 is 9.84 Å². The summed E-state index contributed by atoms with van der Waals surface area (Å²) in [6.07, 6.45) is 5.82. The van der Waals surface area contributed by atoms with E-state index in [1.54, 1.807) is 18.3 Å². The predicted octanol–water partition coefficient (Wildman–Crippen LogP) is 2.24. The van der Waals surface area contributed by atoms with Gasteiger partial charge in [0.05, 0.1) is 23.4 Å². The van der Waals surface area contributed by atoms with Crippen molar-refractivity contribution in [2.24, 2.45) is 0 Å². The van der Waals surface area contributed by atoms with Gasteiger partial charge in [-0.25, -0.2) is 4.98 Å². The van der Waals surface area contributed by atoms with E-state index in [2.05, 4.69) is 22.9 Å². The molecule has 3 rings (SSSR count). The number of anilines is 1. The van der Waals surface area contributed by atoms with Gasteiger partial charge in [-0.3, -0.25) is 0 Å². The van der Waals surface area contributed by atoms with Gasteiger partial charge in [0, 0.05) is 25.7 Å². The lowest BCUT2D eigenvalue weighted by Gasteiger charge is -2.48. The molecule has 2 aliphatic rings. The summed E-state index contributed by atoms with van der Waals surface area (Å²) in [6, 6.07) is 5.81. The second-order valence-corrected chi connectivity index (χ2v) is 6.40. The Labute approximate surface area is 131 Å². The van der Waals surface area contributed by atoms with Crippen LogP contribution in [-0.2, 0) is 4.74 Å². The molecule has 0 amide bonds. The van der Waals surface area contributed by atoms with E-state index in [-0.39, 0.29) is 17.8 Å². The van der Waals surface area contributed by atoms with Crippen LogP contribution in [0.1, 0.15) is 44.6 Å². The molecule has 2 atom stereocenters. The maximum Gasteiger partial charge on any atom is 0.146 e. The summed E-state index contributed by atoms with van der Waals surface area (Å²) >= 11 is 0. The number of nitrogens with zero attached hydrogens (tertiary/aromatic N) is 3. The van der Waals surface area contributed by atoms with Crippen molar-refractivity contribution in [1.29, 1.82) is 5.26 Å². The number of ether oxygens (including phenoxy) is 1. The molecular formula is C17H23N3O2. The summed E-state index contributed by atoms with van der Waals surface area (Å²) < 4.78 is 6.30. The summed E-state index contributed by atoms with van der Waals surface area (Å²) in [7, 11) is 0. The van der Waals surface area contributed by atoms with Gasteiger partial charge >= 0.3 is 0 Å². The minimum absolute atomic E-state index is 0.166. The fraction of sp³-hybridized carbons (Fsp3) is 0.647. The molecule has 0 bridgehead atoms. The lowest BCUT2D eigenvalue weighted by atomic mass is 9.81. The Balaban J connectivity index is 1.71. The minimum Gasteiger partial charge on any atom is -0.393 e. The topological polar surface area (TPSA) is 69.4 Å². The second kappa shape index (κ2) is 6.23. The van der Waals surface area contributed by atoms with Crippen LogP contribution < -0.4 is 4.90 Å². The zero-order valence-electron chi connectivity index (χ0n) is 13.0. The molecule has 2 aliphatic heterocycles. The van der Waals surface area contributed by atoms with Crippen molar-refractivity contribution in [2.45, 2.75) is 56.8 Å². The van der Waals surface area contributed by atoms with E-state index in [4.69, 9.17) is 4.74 Å². The quantitative estimate of drug-likeness (QED) is 0.907. The van der Waals surface area contributed by atoms with Crippen LogP contribution in [0.4, 0.5) is 5.82 Å². The fourth-order valence-corrected chi connectivity index (χ4v) is 3.70. The van der Waals surface area contributed by atoms with Gasteiger partial charge < -0.3 is 14.7 Å². The summed E-state index contributed by atoms with van der Waals surface area (Å²) in [5, 5.41) is 19.4. The van der Waals surface area contributed by atoms with Gasteiger partial charge in [0.15, 0.2) is 0 Å². The van der Waals surface area contributed by atoms with Crippen molar-refractivity contribution in [3.05, 3.63) is 23.9 Å². The maximum absolute atomic E-state index is 10.1. The van der Waals surface area contributed by atoms with Crippen LogP contribution in [0.5, 0.6) is 0 Å². The lowest BCUT2D eigenvalue weighted by Crippen LogP contribution is -2.53. The first kappa shape index (κ1) is 15.3. The number of aromatic nitrogens is 1. The Bertz CT molecular complexity index is 561. The molecule has 0 aromatic carbocycles. The van der Waals surface area contributed by atoms with E-state index in [9.17, 15) is 10.4 Å². The fourth-order valence-electron chi connectivity index (χ4n) is 3.70. The number of hydrogen-bond acceptors (Lipinski definition) is 5. The highest BCUT2D eigenvalue weighted by Crippen LogP contribution is 2.39. The summed E-state index contributed by atoms with van der Waals surface area (Å²) in [4.78, 5) is 6.53. The number of aliphatic hydroxyl groups excluding tert-OH is 1. The molecule has 5 heteroatoms. The molecule has 0 saturated carbocycles. The van der Waals surface area contributed by atoms with E-state index in [1.165, 1.54) is 0 Å². The number of nitriles is 1. The standard InChI is InChI=1S/C17H23N3O2/c1-2-15-10-14(21)11-17(22-15)5-8-20(9-6-17)16-13(12-18)4-3-7-19-16/h3-4,7,14-15,21H,2,5-6,8-11H2,1H3/t14-,15+/m1/s1. The van der Waals surface area contributed by atoms with Crippen molar-refractivity contribution >= 4 is 5.82 Å². The van der Waals surface area contributed by atoms with Crippen LogP contribution in [0.25, 0.3) is 0 Å². The third-order valence-electron chi connectivity index (χ3n) is 4.90. The number of hydrogen-bond donors (Lipinski definition) is 1. The van der Waals surface area contributed by atoms with Crippen LogP contribution in [-0.4, -0.2) is 41.0 Å². The summed E-state index contributed by atoms with van der Waals surface area (Å²) in [5.74, 6) is 0.767. The van der Waals surface area contributed by atoms with Crippen LogP contribution in [0, 0.1) is 11.3 Å². The van der Waals surface area contributed by atoms with Crippen molar-refractivity contribution in [2.75, 3.05) is 18.0 Å². The van der Waals surface area contributed by atoms with Crippen LogP contribution in [0.15, 0.2) is 18.3 Å². The maximum atomic E-state index is 10.1. The molecular weight excluding hydrogens is 278 g/mol. The Morgan fingerprint density at radius 2 is 2.27 bits per heavy atom. The van der Waals surface area contributed by atoms with Crippen LogP contribution >= 0.6 is 0 Å². The van der Waals surface area contributed by atoms with Crippen LogP contribution in [0.3, 0.4) is 0 Å². The van der Waals surface area contributed by atoms with E-state index < -0.39 is 0 Å². The lowest BCUT2D eigenvalue weighted by molar-refractivity contribution is -0.171. The molecule has 3 heterocycles. The molecule has 1 aromatic rings. The Morgan fingerprint density at radius 3 is 2.95 bits per heavy atom. The summed E-state index contributed by atoms with van der Waals surface area (Å²) in [5.41, 5.74) is 0.422. The highest BCUT2D eigenvalue weighted by molar-refractivity contribution is 5.53. The minimum atomic E-state index is -0.255. The SMILES string of the molecule is CC[C@H]1C[C@@H](O)CC2(CCN(c3ncccc3C#N)CC2)O1. The number of rotatable bonds is 2. The Kier molecular flexibility index (Phi) is 4.32. The van der Waals surface area contributed by atoms with Crippen molar-refractivity contribution in [3.8, 4) is 6.07 Å². The molecule has 1 aromatic heterocycles. The molecule has 22 heavy (non-hydrogen) atoms. The zero-order valence-corrected chi connectivity index (χ0v) is 13.0. The first-order valence-corrected chi connectivity index (χ1v) is 8.12. The Hall–Kier alpha value is -1.64. The van der Waals surface area contributed by atoms with E-state index in [0.29, 0.717) is 5.56 Å². The van der Waals surface area contributed by atoms with Crippen molar-refractivity contribution in [3.63, 3.8) is 0 Å². The number of pyridine rings is 1. The normalized spacial score (nSPS) is 27.6. The van der Waals surface area contributed by atoms with E-state index >= 15 is 0 Å². The highest BCUT2D eigenvalue weighted by atomic mass is 16.5.